The molecule has 3 rings (SSSR count). The topological polar surface area (TPSA) is 109 Å². The summed E-state index contributed by atoms with van der Waals surface area (Å²) in [6.07, 6.45) is 11.4. The van der Waals surface area contributed by atoms with E-state index in [2.05, 4.69) is 33.3 Å². The van der Waals surface area contributed by atoms with Crippen LogP contribution in [0.3, 0.4) is 0 Å². The van der Waals surface area contributed by atoms with Crippen molar-refractivity contribution < 1.29 is 9.66 Å². The SMILES string of the molecule is C=C(/C=C\C)C1=C(Nc2cc(Nc3cc([N+](=O)[O-])c(N(C)CCN(C)C)cc3OC)ncn2)C=CCC1. The predicted octanol–water partition coefficient (Wildman–Crippen LogP) is 5.28. The first-order valence-corrected chi connectivity index (χ1v) is 12.0. The van der Waals surface area contributed by atoms with Crippen LogP contribution >= 0.6 is 0 Å². The molecule has 196 valence electrons. The monoisotopic (exact) mass is 505 g/mol. The molecule has 1 heterocycles. The van der Waals surface area contributed by atoms with Crippen LogP contribution in [0.1, 0.15) is 19.8 Å². The lowest BCUT2D eigenvalue weighted by Crippen LogP contribution is -2.28. The molecule has 0 fully saturated rings. The second-order valence-corrected chi connectivity index (χ2v) is 8.92. The van der Waals surface area contributed by atoms with E-state index in [-0.39, 0.29) is 10.6 Å². The number of hydrogen-bond donors (Lipinski definition) is 2. The largest absolute Gasteiger partial charge is 0.494 e. The molecule has 1 aliphatic carbocycles. The maximum atomic E-state index is 11.9. The van der Waals surface area contributed by atoms with E-state index in [0.29, 0.717) is 35.3 Å². The van der Waals surface area contributed by atoms with E-state index in [0.717, 1.165) is 36.2 Å². The van der Waals surface area contributed by atoms with Gasteiger partial charge in [-0.2, -0.15) is 0 Å². The summed E-state index contributed by atoms with van der Waals surface area (Å²) in [6.45, 7) is 7.52. The van der Waals surface area contributed by atoms with Crippen molar-refractivity contribution in [1.82, 2.24) is 14.9 Å². The molecule has 0 aliphatic heterocycles. The van der Waals surface area contributed by atoms with Gasteiger partial charge in [0.1, 0.15) is 29.4 Å². The minimum atomic E-state index is -0.389. The Balaban J connectivity index is 1.90. The molecule has 10 nitrogen and oxygen atoms in total. The lowest BCUT2D eigenvalue weighted by molar-refractivity contribution is -0.384. The molecule has 0 saturated carbocycles. The average Bonchev–Trinajstić information content (AvgIpc) is 2.87. The Bertz CT molecular complexity index is 1230. The third kappa shape index (κ3) is 7.17. The van der Waals surface area contributed by atoms with Crippen molar-refractivity contribution >= 4 is 28.7 Å². The maximum Gasteiger partial charge on any atom is 0.294 e. The zero-order valence-electron chi connectivity index (χ0n) is 22.1. The maximum absolute atomic E-state index is 11.9. The van der Waals surface area contributed by atoms with E-state index in [9.17, 15) is 10.1 Å². The number of ether oxygens (including phenoxy) is 1. The fourth-order valence-electron chi connectivity index (χ4n) is 3.93. The van der Waals surface area contributed by atoms with Gasteiger partial charge in [-0.15, -0.1) is 0 Å². The number of nitrogens with zero attached hydrogens (tertiary/aromatic N) is 5. The quantitative estimate of drug-likeness (QED) is 0.226. The molecule has 1 aromatic heterocycles. The molecule has 0 bridgehead atoms. The Kier molecular flexibility index (Phi) is 9.39. The number of nitrogens with one attached hydrogen (secondary N) is 2. The van der Waals surface area contributed by atoms with E-state index < -0.39 is 0 Å². The van der Waals surface area contributed by atoms with E-state index in [4.69, 9.17) is 4.74 Å². The van der Waals surface area contributed by atoms with Crippen LogP contribution in [-0.2, 0) is 0 Å². The molecule has 0 radical (unpaired) electrons. The number of likely N-dealkylation sites (N-methyl/N-ethyl adjacent to an activating group) is 2. The van der Waals surface area contributed by atoms with Crippen molar-refractivity contribution in [3.63, 3.8) is 0 Å². The highest BCUT2D eigenvalue weighted by Crippen LogP contribution is 2.39. The first-order valence-electron chi connectivity index (χ1n) is 12.0. The minimum absolute atomic E-state index is 0.0263. The standard InChI is InChI=1S/C27H35N7O3/c1-7-10-19(2)20-11-8-9-12-21(20)30-26-17-27(29-18-28-26)31-22-15-24(34(35)36)23(16-25(22)37-6)33(5)14-13-32(3)4/h7,9-10,12,15-18H,2,8,11,13-14H2,1,3-6H3,(H2,28,29,30,31)/b10-7-. The normalized spacial score (nSPS) is 13.2. The van der Waals surface area contributed by atoms with Gasteiger partial charge in [0.05, 0.1) is 17.7 Å². The number of aromatic nitrogens is 2. The number of hydrogen-bond acceptors (Lipinski definition) is 9. The Morgan fingerprint density at radius 3 is 2.57 bits per heavy atom. The molecular formula is C27H35N7O3. The van der Waals surface area contributed by atoms with Gasteiger partial charge in [-0.25, -0.2) is 9.97 Å². The lowest BCUT2D eigenvalue weighted by Gasteiger charge is -2.23. The summed E-state index contributed by atoms with van der Waals surface area (Å²) in [5, 5.41) is 18.4. The van der Waals surface area contributed by atoms with Gasteiger partial charge in [0.15, 0.2) is 0 Å². The van der Waals surface area contributed by atoms with Crippen molar-refractivity contribution in [2.75, 3.05) is 56.9 Å². The highest BCUT2D eigenvalue weighted by atomic mass is 16.6. The molecule has 0 amide bonds. The van der Waals surface area contributed by atoms with Crippen molar-refractivity contribution in [3.8, 4) is 5.75 Å². The Morgan fingerprint density at radius 2 is 1.92 bits per heavy atom. The van der Waals surface area contributed by atoms with E-state index >= 15 is 0 Å². The Labute approximate surface area is 218 Å². The summed E-state index contributed by atoms with van der Waals surface area (Å²) in [5.74, 6) is 1.51. The number of rotatable bonds is 12. The number of nitro benzene ring substituents is 1. The summed E-state index contributed by atoms with van der Waals surface area (Å²) < 4.78 is 5.57. The first-order chi connectivity index (χ1) is 17.7. The first kappa shape index (κ1) is 27.4. The van der Waals surface area contributed by atoms with Crippen LogP contribution in [0, 0.1) is 10.1 Å². The summed E-state index contributed by atoms with van der Waals surface area (Å²) in [5.41, 5.74) is 3.89. The molecule has 1 aromatic carbocycles. The summed E-state index contributed by atoms with van der Waals surface area (Å²) in [4.78, 5) is 24.0. The fraction of sp³-hybridized carbons (Fsp3) is 0.333. The molecule has 2 aromatic rings. The van der Waals surface area contributed by atoms with E-state index in [1.54, 1.807) is 12.1 Å². The lowest BCUT2D eigenvalue weighted by atomic mass is 9.95. The third-order valence-electron chi connectivity index (χ3n) is 5.91. The number of methoxy groups -OCH3 is 1. The van der Waals surface area contributed by atoms with Gasteiger partial charge in [-0.05, 0) is 51.1 Å². The third-order valence-corrected chi connectivity index (χ3v) is 5.91. The summed E-state index contributed by atoms with van der Waals surface area (Å²) in [7, 11) is 7.28. The minimum Gasteiger partial charge on any atom is -0.494 e. The van der Waals surface area contributed by atoms with Gasteiger partial charge in [-0.3, -0.25) is 10.1 Å². The van der Waals surface area contributed by atoms with Crippen LogP contribution in [0.2, 0.25) is 0 Å². The Hall–Kier alpha value is -4.18. The summed E-state index contributed by atoms with van der Waals surface area (Å²) >= 11 is 0. The highest BCUT2D eigenvalue weighted by Gasteiger charge is 2.22. The van der Waals surface area contributed by atoms with Crippen LogP contribution in [0.15, 0.2) is 72.3 Å². The van der Waals surface area contributed by atoms with Crippen LogP contribution in [0.5, 0.6) is 5.75 Å². The Morgan fingerprint density at radius 1 is 1.19 bits per heavy atom. The smallest absolute Gasteiger partial charge is 0.294 e. The van der Waals surface area contributed by atoms with Crippen molar-refractivity contribution in [2.45, 2.75) is 19.8 Å². The molecular weight excluding hydrogens is 470 g/mol. The molecule has 0 unspecified atom stereocenters. The molecule has 0 saturated heterocycles. The van der Waals surface area contributed by atoms with Gasteiger partial charge in [0, 0.05) is 44.0 Å². The van der Waals surface area contributed by atoms with E-state index in [1.807, 2.05) is 56.1 Å². The average molecular weight is 506 g/mol. The van der Waals surface area contributed by atoms with Crippen LogP contribution in [0.25, 0.3) is 0 Å². The second kappa shape index (κ2) is 12.7. The van der Waals surface area contributed by atoms with E-state index in [1.165, 1.54) is 19.5 Å². The van der Waals surface area contributed by atoms with Crippen molar-refractivity contribution in [3.05, 3.63) is 82.4 Å². The molecule has 2 N–H and O–H groups in total. The summed E-state index contributed by atoms with van der Waals surface area (Å²) in [6, 6.07) is 4.89. The van der Waals surface area contributed by atoms with Gasteiger partial charge in [-0.1, -0.05) is 24.8 Å². The van der Waals surface area contributed by atoms with Crippen molar-refractivity contribution in [1.29, 1.82) is 0 Å². The molecule has 0 spiro atoms. The zero-order valence-corrected chi connectivity index (χ0v) is 22.1. The fourth-order valence-corrected chi connectivity index (χ4v) is 3.93. The predicted molar refractivity (Wildman–Crippen MR) is 150 cm³/mol. The van der Waals surface area contributed by atoms with Gasteiger partial charge < -0.3 is 25.2 Å². The van der Waals surface area contributed by atoms with Gasteiger partial charge in [0.25, 0.3) is 5.69 Å². The highest BCUT2D eigenvalue weighted by molar-refractivity contribution is 5.77. The number of nitro groups is 1. The van der Waals surface area contributed by atoms with Crippen LogP contribution in [-0.4, -0.2) is 61.1 Å². The number of benzene rings is 1. The number of allylic oxidation sites excluding steroid dienone is 6. The molecule has 10 heteroatoms. The second-order valence-electron chi connectivity index (χ2n) is 8.92. The van der Waals surface area contributed by atoms with Crippen LogP contribution < -0.4 is 20.3 Å². The molecule has 0 atom stereocenters. The van der Waals surface area contributed by atoms with Crippen molar-refractivity contribution in [2.24, 2.45) is 0 Å². The van der Waals surface area contributed by atoms with Crippen LogP contribution in [0.4, 0.5) is 28.7 Å². The number of anilines is 4. The molecule has 1 aliphatic rings. The van der Waals surface area contributed by atoms with Gasteiger partial charge >= 0.3 is 0 Å². The van der Waals surface area contributed by atoms with Gasteiger partial charge in [0.2, 0.25) is 0 Å². The zero-order chi connectivity index (χ0) is 26.9. The molecule has 37 heavy (non-hydrogen) atoms.